The highest BCUT2D eigenvalue weighted by Crippen LogP contribution is 2.17. The van der Waals surface area contributed by atoms with Crippen LogP contribution in [-0.4, -0.2) is 39.7 Å². The Labute approximate surface area is 117 Å². The van der Waals surface area contributed by atoms with E-state index in [-0.39, 0.29) is 5.91 Å². The van der Waals surface area contributed by atoms with Gasteiger partial charge in [-0.1, -0.05) is 0 Å². The van der Waals surface area contributed by atoms with Gasteiger partial charge in [0, 0.05) is 40.3 Å². The fourth-order valence-corrected chi connectivity index (χ4v) is 2.66. The van der Waals surface area contributed by atoms with Crippen LogP contribution < -0.4 is 5.32 Å². The Bertz CT molecular complexity index is 508. The second kappa shape index (κ2) is 7.85. The Morgan fingerprint density at radius 3 is 2.84 bits per heavy atom. The lowest BCUT2D eigenvalue weighted by Gasteiger charge is -2.01. The molecule has 0 aliphatic heterocycles. The molecule has 7 heteroatoms. The largest absolute Gasteiger partial charge is 0.478 e. The van der Waals surface area contributed by atoms with Gasteiger partial charge in [-0.25, -0.2) is 4.79 Å². The number of hydrogen-bond acceptors (Lipinski definition) is 4. The Hall–Kier alpha value is -1.47. The Balaban J connectivity index is 2.45. The van der Waals surface area contributed by atoms with E-state index in [1.807, 2.05) is 0 Å². The van der Waals surface area contributed by atoms with Gasteiger partial charge in [-0.2, -0.15) is 0 Å². The van der Waals surface area contributed by atoms with Gasteiger partial charge in [-0.15, -0.1) is 11.3 Å². The zero-order valence-electron chi connectivity index (χ0n) is 10.4. The van der Waals surface area contributed by atoms with Crippen molar-refractivity contribution in [2.45, 2.75) is 6.42 Å². The van der Waals surface area contributed by atoms with Gasteiger partial charge < -0.3 is 10.4 Å². The molecule has 1 amide bonds. The Kier molecular flexibility index (Phi) is 6.44. The zero-order valence-corrected chi connectivity index (χ0v) is 12.1. The molecular formula is C12H15NO4S2. The van der Waals surface area contributed by atoms with Crippen molar-refractivity contribution in [1.82, 2.24) is 5.32 Å². The second-order valence-electron chi connectivity index (χ2n) is 3.76. The molecule has 104 valence electrons. The van der Waals surface area contributed by atoms with Crippen LogP contribution >= 0.6 is 11.3 Å². The lowest BCUT2D eigenvalue weighted by molar-refractivity contribution is -0.131. The summed E-state index contributed by atoms with van der Waals surface area (Å²) in [4.78, 5) is 23.3. The van der Waals surface area contributed by atoms with E-state index in [0.29, 0.717) is 28.5 Å². The minimum Gasteiger partial charge on any atom is -0.478 e. The van der Waals surface area contributed by atoms with Crippen molar-refractivity contribution < 1.29 is 18.9 Å². The van der Waals surface area contributed by atoms with E-state index >= 15 is 0 Å². The van der Waals surface area contributed by atoms with Crippen LogP contribution in [0.2, 0.25) is 0 Å². The molecule has 1 heterocycles. The molecule has 1 atom stereocenters. The van der Waals surface area contributed by atoms with Crippen molar-refractivity contribution in [3.8, 4) is 0 Å². The normalized spacial score (nSPS) is 12.5. The summed E-state index contributed by atoms with van der Waals surface area (Å²) >= 11 is 1.23. The summed E-state index contributed by atoms with van der Waals surface area (Å²) in [5, 5.41) is 11.2. The van der Waals surface area contributed by atoms with Crippen LogP contribution in [0.4, 0.5) is 0 Å². The van der Waals surface area contributed by atoms with Crippen LogP contribution in [0.5, 0.6) is 0 Å². The molecule has 19 heavy (non-hydrogen) atoms. The van der Waals surface area contributed by atoms with E-state index in [2.05, 4.69) is 5.32 Å². The molecule has 2 N–H and O–H groups in total. The van der Waals surface area contributed by atoms with Crippen molar-refractivity contribution in [3.05, 3.63) is 28.0 Å². The predicted molar refractivity (Wildman–Crippen MR) is 76.9 cm³/mol. The monoisotopic (exact) mass is 301 g/mol. The number of hydrogen-bond donors (Lipinski definition) is 2. The molecule has 0 radical (unpaired) electrons. The third-order valence-corrected chi connectivity index (χ3v) is 4.05. The molecule has 0 fully saturated rings. The van der Waals surface area contributed by atoms with E-state index in [1.165, 1.54) is 17.4 Å². The van der Waals surface area contributed by atoms with Crippen molar-refractivity contribution in [3.63, 3.8) is 0 Å². The molecule has 0 aliphatic rings. The summed E-state index contributed by atoms with van der Waals surface area (Å²) < 4.78 is 10.8. The van der Waals surface area contributed by atoms with Crippen LogP contribution in [0.25, 0.3) is 6.08 Å². The minimum atomic E-state index is -1.02. The second-order valence-corrected chi connectivity index (χ2v) is 6.43. The van der Waals surface area contributed by atoms with E-state index in [1.54, 1.807) is 18.4 Å². The summed E-state index contributed by atoms with van der Waals surface area (Å²) in [6, 6.07) is 3.35. The van der Waals surface area contributed by atoms with Crippen LogP contribution in [0.1, 0.15) is 21.0 Å². The standard InChI is InChI=1S/C12H15NO4S2/c1-19(17)8-2-7-13-12(16)10-5-3-9(18-10)4-6-11(14)15/h3-6H,2,7-8H2,1H3,(H,13,16)(H,14,15)/b6-4+. The molecule has 1 unspecified atom stereocenters. The van der Waals surface area contributed by atoms with Gasteiger partial charge in [0.25, 0.3) is 5.91 Å². The number of aliphatic carboxylic acids is 1. The zero-order chi connectivity index (χ0) is 14.3. The highest BCUT2D eigenvalue weighted by atomic mass is 32.2. The van der Waals surface area contributed by atoms with E-state index in [9.17, 15) is 13.8 Å². The van der Waals surface area contributed by atoms with E-state index in [0.717, 1.165) is 6.08 Å². The smallest absolute Gasteiger partial charge is 0.328 e. The number of thiophene rings is 1. The molecule has 0 saturated carbocycles. The molecular weight excluding hydrogens is 286 g/mol. The molecule has 0 spiro atoms. The Morgan fingerprint density at radius 2 is 2.21 bits per heavy atom. The first-order valence-electron chi connectivity index (χ1n) is 5.58. The van der Waals surface area contributed by atoms with Crippen LogP contribution in [-0.2, 0) is 15.6 Å². The van der Waals surface area contributed by atoms with Crippen molar-refractivity contribution in [1.29, 1.82) is 0 Å². The SMILES string of the molecule is CS(=O)CCCNC(=O)c1ccc(/C=C/C(=O)O)s1. The number of carboxylic acids is 1. The summed E-state index contributed by atoms with van der Waals surface area (Å²) in [6.07, 6.45) is 4.78. The fourth-order valence-electron chi connectivity index (χ4n) is 1.28. The van der Waals surface area contributed by atoms with E-state index in [4.69, 9.17) is 5.11 Å². The molecule has 1 rings (SSSR count). The van der Waals surface area contributed by atoms with Crippen LogP contribution in [0.15, 0.2) is 18.2 Å². The van der Waals surface area contributed by atoms with Crippen LogP contribution in [0, 0.1) is 0 Å². The summed E-state index contributed by atoms with van der Waals surface area (Å²) in [5.74, 6) is -0.647. The van der Waals surface area contributed by atoms with Gasteiger partial charge >= 0.3 is 5.97 Å². The maximum Gasteiger partial charge on any atom is 0.328 e. The van der Waals surface area contributed by atoms with Gasteiger partial charge in [0.05, 0.1) is 4.88 Å². The first-order chi connectivity index (χ1) is 8.99. The molecule has 0 bridgehead atoms. The maximum absolute atomic E-state index is 11.7. The van der Waals surface area contributed by atoms with Gasteiger partial charge in [-0.3, -0.25) is 9.00 Å². The highest BCUT2D eigenvalue weighted by Gasteiger charge is 2.07. The third kappa shape index (κ3) is 6.30. The molecule has 0 aromatic carbocycles. The van der Waals surface area contributed by atoms with Gasteiger partial charge in [0.1, 0.15) is 0 Å². The lowest BCUT2D eigenvalue weighted by atomic mass is 10.3. The first-order valence-corrected chi connectivity index (χ1v) is 8.12. The van der Waals surface area contributed by atoms with Crippen molar-refractivity contribution >= 4 is 40.1 Å². The summed E-state index contributed by atoms with van der Waals surface area (Å²) in [7, 11) is -0.841. The topological polar surface area (TPSA) is 83.5 Å². The van der Waals surface area contributed by atoms with Gasteiger partial charge in [0.2, 0.25) is 0 Å². The first kappa shape index (κ1) is 15.6. The van der Waals surface area contributed by atoms with Gasteiger partial charge in [-0.05, 0) is 24.6 Å². The third-order valence-electron chi connectivity index (χ3n) is 2.13. The molecule has 5 nitrogen and oxygen atoms in total. The quantitative estimate of drug-likeness (QED) is 0.588. The predicted octanol–water partition coefficient (Wildman–Crippen LogP) is 1.34. The number of carboxylic acid groups (broad SMARTS) is 1. The molecule has 0 saturated heterocycles. The number of amides is 1. The van der Waals surface area contributed by atoms with E-state index < -0.39 is 16.8 Å². The number of rotatable bonds is 7. The van der Waals surface area contributed by atoms with Crippen molar-refractivity contribution in [2.24, 2.45) is 0 Å². The highest BCUT2D eigenvalue weighted by molar-refractivity contribution is 7.84. The molecule has 1 aromatic heterocycles. The summed E-state index contributed by atoms with van der Waals surface area (Å²) in [6.45, 7) is 0.483. The fraction of sp³-hybridized carbons (Fsp3) is 0.333. The average molecular weight is 301 g/mol. The van der Waals surface area contributed by atoms with Gasteiger partial charge in [0.15, 0.2) is 0 Å². The maximum atomic E-state index is 11.7. The lowest BCUT2D eigenvalue weighted by Crippen LogP contribution is -2.24. The Morgan fingerprint density at radius 1 is 1.47 bits per heavy atom. The van der Waals surface area contributed by atoms with Crippen LogP contribution in [0.3, 0.4) is 0 Å². The number of carbonyl (C=O) groups excluding carboxylic acids is 1. The van der Waals surface area contributed by atoms with Crippen molar-refractivity contribution in [2.75, 3.05) is 18.6 Å². The number of nitrogens with one attached hydrogen (secondary N) is 1. The summed E-state index contributed by atoms with van der Waals surface area (Å²) in [5.41, 5.74) is 0. The molecule has 1 aromatic rings. The minimum absolute atomic E-state index is 0.193. The molecule has 0 aliphatic carbocycles. The number of carbonyl (C=O) groups is 2. The average Bonchev–Trinajstić information content (AvgIpc) is 2.80.